The average molecular weight is 168 g/mol. The van der Waals surface area contributed by atoms with Crippen LogP contribution in [0, 0.1) is 11.8 Å². The maximum absolute atomic E-state index is 10.4. The number of hydrogen-bond donors (Lipinski definition) is 1. The number of carbonyl (C=O) groups is 1. The number of aliphatic hydroxyl groups is 1. The van der Waals surface area contributed by atoms with Crippen LogP contribution in [-0.2, 0) is 4.79 Å². The molecule has 0 saturated heterocycles. The normalized spacial score (nSPS) is 46.1. The van der Waals surface area contributed by atoms with Crippen LogP contribution in [-0.4, -0.2) is 17.0 Å². The molecule has 2 unspecified atom stereocenters. The summed E-state index contributed by atoms with van der Waals surface area (Å²) in [6, 6.07) is 0. The fourth-order valence-corrected chi connectivity index (χ4v) is 3.03. The van der Waals surface area contributed by atoms with Crippen molar-refractivity contribution < 1.29 is 9.90 Å². The van der Waals surface area contributed by atoms with E-state index in [2.05, 4.69) is 0 Å². The summed E-state index contributed by atoms with van der Waals surface area (Å²) in [5.41, 5.74) is -0.633. The number of aldehydes is 1. The second kappa shape index (κ2) is 2.84. The number of rotatable bonds is 2. The van der Waals surface area contributed by atoms with Crippen LogP contribution in [0.2, 0.25) is 0 Å². The predicted octanol–water partition coefficient (Wildman–Crippen LogP) is 1.52. The van der Waals surface area contributed by atoms with Crippen molar-refractivity contribution in [2.75, 3.05) is 0 Å². The van der Waals surface area contributed by atoms with Gasteiger partial charge in [-0.3, -0.25) is 0 Å². The number of carbonyl (C=O) groups excluding carboxylic acids is 1. The van der Waals surface area contributed by atoms with Gasteiger partial charge in [0.05, 0.1) is 5.60 Å². The monoisotopic (exact) mass is 168 g/mol. The molecule has 2 aliphatic carbocycles. The smallest absolute Gasteiger partial charge is 0.122 e. The van der Waals surface area contributed by atoms with Gasteiger partial charge in [-0.15, -0.1) is 0 Å². The minimum Gasteiger partial charge on any atom is -0.389 e. The highest BCUT2D eigenvalue weighted by molar-refractivity contribution is 5.51. The van der Waals surface area contributed by atoms with Crippen LogP contribution in [0.3, 0.4) is 0 Å². The fourth-order valence-electron chi connectivity index (χ4n) is 3.03. The van der Waals surface area contributed by atoms with Crippen molar-refractivity contribution in [2.45, 2.75) is 44.1 Å². The van der Waals surface area contributed by atoms with E-state index in [1.54, 1.807) is 0 Å². The summed E-state index contributed by atoms with van der Waals surface area (Å²) in [5, 5.41) is 10.0. The summed E-state index contributed by atoms with van der Waals surface area (Å²) >= 11 is 0. The van der Waals surface area contributed by atoms with Crippen LogP contribution in [0.1, 0.15) is 38.5 Å². The SMILES string of the molecule is O=CCC1(O)CC2CCC(C2)C1. The lowest BCUT2D eigenvalue weighted by molar-refractivity contribution is -0.114. The molecule has 2 saturated carbocycles. The highest BCUT2D eigenvalue weighted by Gasteiger charge is 2.42. The van der Waals surface area contributed by atoms with Gasteiger partial charge >= 0.3 is 0 Å². The molecule has 0 amide bonds. The molecule has 0 aromatic rings. The van der Waals surface area contributed by atoms with Gasteiger partial charge in [-0.1, -0.05) is 12.8 Å². The topological polar surface area (TPSA) is 37.3 Å². The molecule has 68 valence electrons. The highest BCUT2D eigenvalue weighted by Crippen LogP contribution is 2.47. The molecule has 2 bridgehead atoms. The molecule has 1 N–H and O–H groups in total. The van der Waals surface area contributed by atoms with Crippen LogP contribution in [0.15, 0.2) is 0 Å². The minimum atomic E-state index is -0.633. The van der Waals surface area contributed by atoms with E-state index < -0.39 is 5.60 Å². The fraction of sp³-hybridized carbons (Fsp3) is 0.900. The van der Waals surface area contributed by atoms with Crippen LogP contribution in [0.5, 0.6) is 0 Å². The van der Waals surface area contributed by atoms with Crippen LogP contribution in [0.25, 0.3) is 0 Å². The molecule has 12 heavy (non-hydrogen) atoms. The van der Waals surface area contributed by atoms with Gasteiger partial charge in [0.25, 0.3) is 0 Å². The Hall–Kier alpha value is -0.370. The first-order valence-electron chi connectivity index (χ1n) is 4.88. The first kappa shape index (κ1) is 8.24. The molecule has 2 nitrogen and oxygen atoms in total. The van der Waals surface area contributed by atoms with E-state index in [0.29, 0.717) is 18.3 Å². The number of hydrogen-bond acceptors (Lipinski definition) is 2. The molecule has 2 fully saturated rings. The summed E-state index contributed by atoms with van der Waals surface area (Å²) in [6.45, 7) is 0. The summed E-state index contributed by atoms with van der Waals surface area (Å²) in [4.78, 5) is 10.4. The Kier molecular flexibility index (Phi) is 1.95. The Balaban J connectivity index is 2.04. The summed E-state index contributed by atoms with van der Waals surface area (Å²) in [5.74, 6) is 1.40. The van der Waals surface area contributed by atoms with E-state index >= 15 is 0 Å². The molecule has 0 spiro atoms. The van der Waals surface area contributed by atoms with E-state index in [1.165, 1.54) is 19.3 Å². The van der Waals surface area contributed by atoms with Gasteiger partial charge in [-0.25, -0.2) is 0 Å². The van der Waals surface area contributed by atoms with Crippen LogP contribution in [0.4, 0.5) is 0 Å². The van der Waals surface area contributed by atoms with Gasteiger partial charge in [0, 0.05) is 6.42 Å². The molecule has 2 aliphatic rings. The first-order chi connectivity index (χ1) is 5.72. The molecule has 2 rings (SSSR count). The molecular weight excluding hydrogens is 152 g/mol. The Morgan fingerprint density at radius 3 is 2.42 bits per heavy atom. The Bertz CT molecular complexity index is 176. The second-order valence-corrected chi connectivity index (χ2v) is 4.55. The zero-order valence-electron chi connectivity index (χ0n) is 7.33. The lowest BCUT2D eigenvalue weighted by Gasteiger charge is -2.34. The maximum atomic E-state index is 10.4. The third-order valence-electron chi connectivity index (χ3n) is 3.45. The minimum absolute atomic E-state index is 0.347. The third kappa shape index (κ3) is 1.40. The second-order valence-electron chi connectivity index (χ2n) is 4.55. The van der Waals surface area contributed by atoms with Crippen molar-refractivity contribution in [2.24, 2.45) is 11.8 Å². The quantitative estimate of drug-likeness (QED) is 0.635. The van der Waals surface area contributed by atoms with Gasteiger partial charge in [-0.2, -0.15) is 0 Å². The Morgan fingerprint density at radius 2 is 1.92 bits per heavy atom. The molecule has 0 aromatic heterocycles. The van der Waals surface area contributed by atoms with Crippen molar-refractivity contribution in [1.82, 2.24) is 0 Å². The van der Waals surface area contributed by atoms with E-state index in [4.69, 9.17) is 0 Å². The van der Waals surface area contributed by atoms with Gasteiger partial charge in [0.1, 0.15) is 6.29 Å². The van der Waals surface area contributed by atoms with Crippen LogP contribution >= 0.6 is 0 Å². The summed E-state index contributed by atoms with van der Waals surface area (Å²) in [7, 11) is 0. The zero-order chi connectivity index (χ0) is 8.60. The van der Waals surface area contributed by atoms with Gasteiger partial charge < -0.3 is 9.90 Å². The molecular formula is C10H16O2. The first-order valence-corrected chi connectivity index (χ1v) is 4.88. The van der Waals surface area contributed by atoms with E-state index in [9.17, 15) is 9.90 Å². The van der Waals surface area contributed by atoms with Crippen molar-refractivity contribution in [3.05, 3.63) is 0 Å². The molecule has 0 radical (unpaired) electrons. The maximum Gasteiger partial charge on any atom is 0.122 e. The van der Waals surface area contributed by atoms with Crippen molar-refractivity contribution in [3.8, 4) is 0 Å². The van der Waals surface area contributed by atoms with Crippen molar-refractivity contribution in [3.63, 3.8) is 0 Å². The molecule has 0 heterocycles. The van der Waals surface area contributed by atoms with Gasteiger partial charge in [-0.05, 0) is 31.1 Å². The molecule has 2 heteroatoms. The van der Waals surface area contributed by atoms with Gasteiger partial charge in [0.2, 0.25) is 0 Å². The highest BCUT2D eigenvalue weighted by atomic mass is 16.3. The third-order valence-corrected chi connectivity index (χ3v) is 3.45. The van der Waals surface area contributed by atoms with Crippen molar-refractivity contribution >= 4 is 6.29 Å². The molecule has 0 aromatic carbocycles. The lowest BCUT2D eigenvalue weighted by Crippen LogP contribution is -2.36. The Morgan fingerprint density at radius 1 is 1.33 bits per heavy atom. The largest absolute Gasteiger partial charge is 0.389 e. The van der Waals surface area contributed by atoms with Crippen molar-refractivity contribution in [1.29, 1.82) is 0 Å². The predicted molar refractivity (Wildman–Crippen MR) is 45.7 cm³/mol. The molecule has 2 atom stereocenters. The lowest BCUT2D eigenvalue weighted by atomic mass is 9.76. The van der Waals surface area contributed by atoms with E-state index in [-0.39, 0.29) is 0 Å². The standard InChI is InChI=1S/C10H16O2/c11-4-3-10(12)6-8-1-2-9(5-8)7-10/h4,8-9,12H,1-3,5-7H2. The zero-order valence-corrected chi connectivity index (χ0v) is 7.33. The average Bonchev–Trinajstić information content (AvgIpc) is 2.31. The van der Waals surface area contributed by atoms with Gasteiger partial charge in [0.15, 0.2) is 0 Å². The van der Waals surface area contributed by atoms with Crippen LogP contribution < -0.4 is 0 Å². The summed E-state index contributed by atoms with van der Waals surface area (Å²) in [6.07, 6.45) is 6.77. The Labute approximate surface area is 73.0 Å². The molecule has 0 aliphatic heterocycles. The van der Waals surface area contributed by atoms with E-state index in [1.807, 2.05) is 0 Å². The number of fused-ring (bicyclic) bond motifs is 2. The van der Waals surface area contributed by atoms with E-state index in [0.717, 1.165) is 19.1 Å². The summed E-state index contributed by atoms with van der Waals surface area (Å²) < 4.78 is 0.